The Balaban J connectivity index is 0.00000180. The zero-order chi connectivity index (χ0) is 12.8. The summed E-state index contributed by atoms with van der Waals surface area (Å²) in [6.45, 7) is 4.36. The van der Waals surface area contributed by atoms with Gasteiger partial charge in [-0.1, -0.05) is 82.7 Å². The summed E-state index contributed by atoms with van der Waals surface area (Å²) in [4.78, 5) is 0. The van der Waals surface area contributed by atoms with Crippen LogP contribution in [0.1, 0.15) is 13.8 Å². The van der Waals surface area contributed by atoms with Crippen LogP contribution in [0.2, 0.25) is 6.04 Å². The molecule has 0 spiro atoms. The van der Waals surface area contributed by atoms with Crippen molar-refractivity contribution in [3.63, 3.8) is 0 Å². The summed E-state index contributed by atoms with van der Waals surface area (Å²) in [5.74, 6) is 0. The van der Waals surface area contributed by atoms with Crippen LogP contribution in [-0.2, 0) is 17.1 Å². The third-order valence-corrected chi connectivity index (χ3v) is 6.16. The predicted molar refractivity (Wildman–Crippen MR) is 82.1 cm³/mol. The molecule has 0 nitrogen and oxygen atoms in total. The van der Waals surface area contributed by atoms with Gasteiger partial charge in [-0.3, -0.25) is 0 Å². The molecule has 0 heterocycles. The van der Waals surface area contributed by atoms with Gasteiger partial charge in [-0.15, -0.1) is 0 Å². The third-order valence-electron chi connectivity index (χ3n) is 3.19. The molecule has 0 aliphatic heterocycles. The van der Waals surface area contributed by atoms with E-state index in [0.29, 0.717) is 0 Å². The average Bonchev–Trinajstić information content (AvgIpc) is 2.46. The molecule has 102 valence electrons. The maximum absolute atomic E-state index is 2.27. The summed E-state index contributed by atoms with van der Waals surface area (Å²) >= 11 is 0. The van der Waals surface area contributed by atoms with Gasteiger partial charge in [-0.25, -0.2) is 0 Å². The maximum atomic E-state index is 2.27. The summed E-state index contributed by atoms with van der Waals surface area (Å²) in [6.07, 6.45) is 2.23. The molecule has 19 heavy (non-hydrogen) atoms. The van der Waals surface area contributed by atoms with Gasteiger partial charge in [0, 0.05) is 17.1 Å². The van der Waals surface area contributed by atoms with Gasteiger partial charge in [0.1, 0.15) is 8.80 Å². The first kappa shape index (κ1) is 16.0. The molecular formula is C17H19CuSi. The molecule has 2 aromatic carbocycles. The molecule has 0 fully saturated rings. The van der Waals surface area contributed by atoms with Crippen molar-refractivity contribution < 1.29 is 17.1 Å². The topological polar surface area (TPSA) is 0 Å². The van der Waals surface area contributed by atoms with Crippen molar-refractivity contribution in [2.24, 2.45) is 0 Å². The van der Waals surface area contributed by atoms with Crippen molar-refractivity contribution in [2.45, 2.75) is 19.9 Å². The van der Waals surface area contributed by atoms with Crippen molar-refractivity contribution in [1.82, 2.24) is 0 Å². The van der Waals surface area contributed by atoms with Crippen LogP contribution in [0.3, 0.4) is 0 Å². The fraction of sp³-hybridized carbons (Fsp3) is 0.176. The van der Waals surface area contributed by atoms with Gasteiger partial charge in [0.15, 0.2) is 0 Å². The van der Waals surface area contributed by atoms with Crippen molar-refractivity contribution in [1.29, 1.82) is 0 Å². The molecule has 0 N–H and O–H groups in total. The monoisotopic (exact) mass is 314 g/mol. The van der Waals surface area contributed by atoms with Gasteiger partial charge in [0.05, 0.1) is 0 Å². The van der Waals surface area contributed by atoms with Crippen molar-refractivity contribution >= 4 is 19.2 Å². The minimum Gasteiger partial charge on any atom is -0.0890 e. The van der Waals surface area contributed by atoms with Crippen LogP contribution in [0.5, 0.6) is 0 Å². The van der Waals surface area contributed by atoms with E-state index < -0.39 is 8.80 Å². The van der Waals surface area contributed by atoms with E-state index >= 15 is 0 Å². The Morgan fingerprint density at radius 2 is 1.32 bits per heavy atom. The summed E-state index contributed by atoms with van der Waals surface area (Å²) < 4.78 is 0. The second-order valence-corrected chi connectivity index (χ2v) is 6.99. The number of hydrogen-bond donors (Lipinski definition) is 0. The molecule has 0 saturated carbocycles. The Hall–Kier alpha value is -1.08. The smallest absolute Gasteiger partial charge is 0.0890 e. The van der Waals surface area contributed by atoms with E-state index in [1.165, 1.54) is 22.0 Å². The van der Waals surface area contributed by atoms with Gasteiger partial charge in [-0.2, -0.15) is 0 Å². The molecular weight excluding hydrogens is 296 g/mol. The minimum atomic E-state index is -0.679. The van der Waals surface area contributed by atoms with Crippen molar-refractivity contribution in [2.75, 3.05) is 0 Å². The summed E-state index contributed by atoms with van der Waals surface area (Å²) in [5, 5.41) is 2.99. The first-order valence-electron chi connectivity index (χ1n) is 6.39. The van der Waals surface area contributed by atoms with Crippen molar-refractivity contribution in [3.8, 4) is 0 Å². The van der Waals surface area contributed by atoms with E-state index in [9.17, 15) is 0 Å². The largest absolute Gasteiger partial charge is 0.125 e. The summed E-state index contributed by atoms with van der Waals surface area (Å²) in [6, 6.07) is 23.0. The van der Waals surface area contributed by atoms with Crippen LogP contribution in [-0.4, -0.2) is 8.80 Å². The van der Waals surface area contributed by atoms with E-state index in [2.05, 4.69) is 80.6 Å². The van der Waals surface area contributed by atoms with Crippen LogP contribution in [0.4, 0.5) is 0 Å². The second-order valence-electron chi connectivity index (χ2n) is 4.52. The van der Waals surface area contributed by atoms with Gasteiger partial charge in [0.2, 0.25) is 0 Å². The van der Waals surface area contributed by atoms with Gasteiger partial charge < -0.3 is 0 Å². The standard InChI is InChI=1S/C17H19Si.Cu/c1-3-15(2)14-18(16-10-6-4-7-11-16)17-12-8-5-9-13-17;/h3-13H,14H2,1-2H3;/b15-3-;. The van der Waals surface area contributed by atoms with Crippen LogP contribution in [0, 0.1) is 0 Å². The summed E-state index contributed by atoms with van der Waals surface area (Å²) in [5.41, 5.74) is 1.48. The molecule has 2 rings (SSSR count). The molecule has 0 unspecified atom stereocenters. The molecule has 0 aromatic heterocycles. The van der Waals surface area contributed by atoms with Crippen molar-refractivity contribution in [3.05, 3.63) is 72.3 Å². The zero-order valence-electron chi connectivity index (χ0n) is 11.4. The predicted octanol–water partition coefficient (Wildman–Crippen LogP) is 3.26. The molecule has 0 bridgehead atoms. The zero-order valence-corrected chi connectivity index (χ0v) is 13.3. The molecule has 0 amide bonds. The Labute approximate surface area is 128 Å². The SMILES string of the molecule is C/C=C(/C)C[Si](c1ccccc1)c1ccccc1.[Cu]. The molecule has 2 aromatic rings. The Kier molecular flexibility index (Phi) is 6.86. The van der Waals surface area contributed by atoms with Gasteiger partial charge in [0.25, 0.3) is 0 Å². The molecule has 2 heteroatoms. The van der Waals surface area contributed by atoms with Crippen LogP contribution in [0.15, 0.2) is 72.3 Å². The quantitative estimate of drug-likeness (QED) is 0.600. The second kappa shape index (κ2) is 8.16. The third kappa shape index (κ3) is 4.50. The van der Waals surface area contributed by atoms with E-state index in [0.717, 1.165) is 0 Å². The number of hydrogen-bond acceptors (Lipinski definition) is 0. The maximum Gasteiger partial charge on any atom is 0.125 e. The number of allylic oxidation sites excluding steroid dienone is 2. The fourth-order valence-corrected chi connectivity index (χ4v) is 4.72. The number of rotatable bonds is 4. The first-order chi connectivity index (χ1) is 8.81. The van der Waals surface area contributed by atoms with E-state index in [1.54, 1.807) is 0 Å². The Bertz CT molecular complexity index is 466. The van der Waals surface area contributed by atoms with E-state index in [4.69, 9.17) is 0 Å². The average molecular weight is 315 g/mol. The van der Waals surface area contributed by atoms with Crippen LogP contribution >= 0.6 is 0 Å². The Morgan fingerprint density at radius 3 is 1.68 bits per heavy atom. The fourth-order valence-electron chi connectivity index (χ4n) is 2.03. The van der Waals surface area contributed by atoms with Gasteiger partial charge >= 0.3 is 0 Å². The Morgan fingerprint density at radius 1 is 0.895 bits per heavy atom. The van der Waals surface area contributed by atoms with Crippen LogP contribution < -0.4 is 10.4 Å². The van der Waals surface area contributed by atoms with E-state index in [1.807, 2.05) is 0 Å². The first-order valence-corrected chi connectivity index (χ1v) is 8.10. The summed E-state index contributed by atoms with van der Waals surface area (Å²) in [7, 11) is -0.679. The minimum absolute atomic E-state index is 0. The molecule has 0 aliphatic carbocycles. The van der Waals surface area contributed by atoms with Crippen LogP contribution in [0.25, 0.3) is 0 Å². The van der Waals surface area contributed by atoms with Gasteiger partial charge in [-0.05, 0) is 19.9 Å². The normalized spacial score (nSPS) is 11.2. The number of benzene rings is 2. The van der Waals surface area contributed by atoms with E-state index in [-0.39, 0.29) is 17.1 Å². The molecule has 0 aliphatic rings. The molecule has 0 atom stereocenters. The molecule has 0 saturated heterocycles. The molecule has 2 radical (unpaired) electrons.